The normalized spacial score (nSPS) is 15.1. The van der Waals surface area contributed by atoms with Gasteiger partial charge in [-0.05, 0) is 23.3 Å². The molecule has 0 bridgehead atoms. The zero-order chi connectivity index (χ0) is 21.7. The van der Waals surface area contributed by atoms with Crippen LogP contribution in [0.3, 0.4) is 0 Å². The maximum Gasteiger partial charge on any atom is 0.252 e. The first-order valence-corrected chi connectivity index (χ1v) is 12.4. The summed E-state index contributed by atoms with van der Waals surface area (Å²) in [6, 6.07) is 22.6. The second-order valence-corrected chi connectivity index (χ2v) is 10.6. The number of sulfonamides is 1. The van der Waals surface area contributed by atoms with Gasteiger partial charge in [0.1, 0.15) is 4.21 Å². The maximum absolute atomic E-state index is 12.8. The van der Waals surface area contributed by atoms with Gasteiger partial charge in [0.2, 0.25) is 5.91 Å². The van der Waals surface area contributed by atoms with Gasteiger partial charge in [-0.2, -0.15) is 4.31 Å². The van der Waals surface area contributed by atoms with Gasteiger partial charge in [0.15, 0.2) is 0 Å². The number of rotatable bonds is 7. The summed E-state index contributed by atoms with van der Waals surface area (Å²) in [6.07, 6.45) is 0.124. The molecule has 1 aliphatic rings. The van der Waals surface area contributed by atoms with E-state index in [9.17, 15) is 13.2 Å². The van der Waals surface area contributed by atoms with Crippen LogP contribution in [0.4, 0.5) is 0 Å². The number of amides is 1. The summed E-state index contributed by atoms with van der Waals surface area (Å²) >= 11 is 1.15. The van der Waals surface area contributed by atoms with Crippen molar-refractivity contribution in [3.05, 3.63) is 88.8 Å². The maximum atomic E-state index is 12.8. The fraction of sp³-hybridized carbons (Fsp3) is 0.261. The second kappa shape index (κ2) is 9.74. The van der Waals surface area contributed by atoms with Gasteiger partial charge in [0.25, 0.3) is 10.0 Å². The highest BCUT2D eigenvalue weighted by Crippen LogP contribution is 2.27. The van der Waals surface area contributed by atoms with Crippen LogP contribution in [0.15, 0.2) is 77.0 Å². The highest BCUT2D eigenvalue weighted by atomic mass is 32.2. The molecule has 8 heteroatoms. The second-order valence-electron chi connectivity index (χ2n) is 7.24. The summed E-state index contributed by atoms with van der Waals surface area (Å²) < 4.78 is 32.6. The molecule has 162 valence electrons. The smallest absolute Gasteiger partial charge is 0.252 e. The van der Waals surface area contributed by atoms with Crippen LogP contribution in [0.1, 0.15) is 22.0 Å². The third-order valence-electron chi connectivity index (χ3n) is 5.11. The molecule has 4 rings (SSSR count). The SMILES string of the molecule is O=C(Cc1ccc(S(=O)(=O)N2CCOCC2)s1)NC(c1ccccc1)c1ccccc1. The fourth-order valence-electron chi connectivity index (χ4n) is 3.53. The van der Waals surface area contributed by atoms with Crippen molar-refractivity contribution in [3.8, 4) is 0 Å². The van der Waals surface area contributed by atoms with Gasteiger partial charge in [-0.3, -0.25) is 4.79 Å². The van der Waals surface area contributed by atoms with Gasteiger partial charge >= 0.3 is 0 Å². The molecule has 31 heavy (non-hydrogen) atoms. The Bertz CT molecular complexity index is 1070. The number of carbonyl (C=O) groups excluding carboxylic acids is 1. The Morgan fingerprint density at radius 3 is 2.10 bits per heavy atom. The molecule has 1 fully saturated rings. The van der Waals surface area contributed by atoms with Crippen molar-refractivity contribution in [2.75, 3.05) is 26.3 Å². The minimum absolute atomic E-state index is 0.124. The zero-order valence-electron chi connectivity index (χ0n) is 16.9. The molecule has 1 N–H and O–H groups in total. The molecule has 0 unspecified atom stereocenters. The van der Waals surface area contributed by atoms with E-state index < -0.39 is 10.0 Å². The number of carbonyl (C=O) groups is 1. The average molecular weight is 457 g/mol. The van der Waals surface area contributed by atoms with Gasteiger partial charge in [-0.1, -0.05) is 60.7 Å². The lowest BCUT2D eigenvalue weighted by Gasteiger charge is -2.25. The number of ether oxygens (including phenoxy) is 1. The number of thiophene rings is 1. The zero-order valence-corrected chi connectivity index (χ0v) is 18.6. The summed E-state index contributed by atoms with van der Waals surface area (Å²) in [7, 11) is -3.55. The molecule has 0 atom stereocenters. The molecule has 1 saturated heterocycles. The van der Waals surface area contributed by atoms with Crippen LogP contribution >= 0.6 is 11.3 Å². The predicted molar refractivity (Wildman–Crippen MR) is 120 cm³/mol. The summed E-state index contributed by atoms with van der Waals surface area (Å²) in [5.74, 6) is -0.158. The lowest BCUT2D eigenvalue weighted by molar-refractivity contribution is -0.120. The highest BCUT2D eigenvalue weighted by Gasteiger charge is 2.28. The highest BCUT2D eigenvalue weighted by molar-refractivity contribution is 7.91. The van der Waals surface area contributed by atoms with Gasteiger partial charge in [-0.15, -0.1) is 11.3 Å². The van der Waals surface area contributed by atoms with Gasteiger partial charge in [0.05, 0.1) is 25.7 Å². The van der Waals surface area contributed by atoms with E-state index in [0.717, 1.165) is 22.5 Å². The monoisotopic (exact) mass is 456 g/mol. The van der Waals surface area contributed by atoms with E-state index in [1.54, 1.807) is 12.1 Å². The van der Waals surface area contributed by atoms with Crippen LogP contribution in [0, 0.1) is 0 Å². The van der Waals surface area contributed by atoms with Crippen LogP contribution in [-0.4, -0.2) is 44.9 Å². The quantitative estimate of drug-likeness (QED) is 0.592. The van der Waals surface area contributed by atoms with Crippen LogP contribution in [-0.2, 0) is 26.0 Å². The van der Waals surface area contributed by atoms with Crippen molar-refractivity contribution in [2.24, 2.45) is 0 Å². The number of nitrogens with one attached hydrogen (secondary N) is 1. The Labute approximate surface area is 186 Å². The first-order chi connectivity index (χ1) is 15.0. The Balaban J connectivity index is 1.48. The fourth-order valence-corrected chi connectivity index (χ4v) is 6.44. The number of nitrogens with zero attached hydrogens (tertiary/aromatic N) is 1. The van der Waals surface area contributed by atoms with E-state index in [4.69, 9.17) is 4.74 Å². The van der Waals surface area contributed by atoms with Crippen molar-refractivity contribution >= 4 is 27.3 Å². The largest absolute Gasteiger partial charge is 0.379 e. The number of morpholine rings is 1. The molecule has 0 spiro atoms. The Hall–Kier alpha value is -2.52. The molecule has 0 radical (unpaired) electrons. The van der Waals surface area contributed by atoms with Crippen molar-refractivity contribution in [1.82, 2.24) is 9.62 Å². The lowest BCUT2D eigenvalue weighted by atomic mass is 9.98. The molecule has 1 aromatic heterocycles. The summed E-state index contributed by atoms with van der Waals surface area (Å²) in [5, 5.41) is 3.10. The van der Waals surface area contributed by atoms with Gasteiger partial charge in [0, 0.05) is 18.0 Å². The van der Waals surface area contributed by atoms with Crippen molar-refractivity contribution in [1.29, 1.82) is 0 Å². The standard InChI is InChI=1S/C23H24N2O4S2/c26-21(24-23(18-7-3-1-4-8-18)19-9-5-2-6-10-19)17-20-11-12-22(30-20)31(27,28)25-13-15-29-16-14-25/h1-12,23H,13-17H2,(H,24,26). The average Bonchev–Trinajstić information content (AvgIpc) is 3.28. The van der Waals surface area contributed by atoms with Gasteiger partial charge < -0.3 is 10.1 Å². The Kier molecular flexibility index (Phi) is 6.82. The molecule has 2 heterocycles. The third kappa shape index (κ3) is 5.22. The van der Waals surface area contributed by atoms with Crippen molar-refractivity contribution in [2.45, 2.75) is 16.7 Å². The molecular weight excluding hydrogens is 432 g/mol. The Morgan fingerprint density at radius 2 is 1.52 bits per heavy atom. The third-order valence-corrected chi connectivity index (χ3v) is 8.56. The van der Waals surface area contributed by atoms with Crippen LogP contribution in [0.2, 0.25) is 0 Å². The number of benzene rings is 2. The van der Waals surface area contributed by atoms with Gasteiger partial charge in [-0.25, -0.2) is 8.42 Å². The van der Waals surface area contributed by atoms with Crippen LogP contribution in [0.5, 0.6) is 0 Å². The first kappa shape index (κ1) is 21.7. The minimum Gasteiger partial charge on any atom is -0.379 e. The molecule has 0 saturated carbocycles. The number of hydrogen-bond acceptors (Lipinski definition) is 5. The van der Waals surface area contributed by atoms with E-state index in [0.29, 0.717) is 31.2 Å². The van der Waals surface area contributed by atoms with Crippen molar-refractivity contribution in [3.63, 3.8) is 0 Å². The van der Waals surface area contributed by atoms with E-state index >= 15 is 0 Å². The lowest BCUT2D eigenvalue weighted by Crippen LogP contribution is -2.40. The molecule has 2 aromatic carbocycles. The molecule has 1 amide bonds. The topological polar surface area (TPSA) is 75.7 Å². The first-order valence-electron chi connectivity index (χ1n) is 10.1. The minimum atomic E-state index is -3.55. The van der Waals surface area contributed by atoms with Crippen LogP contribution < -0.4 is 5.32 Å². The summed E-state index contributed by atoms with van der Waals surface area (Å²) in [5.41, 5.74) is 1.98. The summed E-state index contributed by atoms with van der Waals surface area (Å²) in [4.78, 5) is 13.6. The van der Waals surface area contributed by atoms with E-state index in [1.807, 2.05) is 60.7 Å². The molecule has 0 aliphatic carbocycles. The Morgan fingerprint density at radius 1 is 0.935 bits per heavy atom. The van der Waals surface area contributed by atoms with Crippen LogP contribution in [0.25, 0.3) is 0 Å². The van der Waals surface area contributed by atoms with E-state index in [2.05, 4.69) is 5.32 Å². The molecule has 1 aliphatic heterocycles. The summed E-state index contributed by atoms with van der Waals surface area (Å²) in [6.45, 7) is 1.51. The predicted octanol–water partition coefficient (Wildman–Crippen LogP) is 3.22. The number of hydrogen-bond donors (Lipinski definition) is 1. The molecule has 6 nitrogen and oxygen atoms in total. The van der Waals surface area contributed by atoms with Crippen molar-refractivity contribution < 1.29 is 17.9 Å². The van der Waals surface area contributed by atoms with E-state index in [1.165, 1.54) is 4.31 Å². The molecule has 3 aromatic rings. The molecular formula is C23H24N2O4S2. The van der Waals surface area contributed by atoms with E-state index in [-0.39, 0.29) is 22.6 Å².